The Bertz CT molecular complexity index is 750. The van der Waals surface area contributed by atoms with E-state index in [2.05, 4.69) is 20.7 Å². The van der Waals surface area contributed by atoms with Gasteiger partial charge in [0.2, 0.25) is 10.0 Å². The third-order valence-electron chi connectivity index (χ3n) is 2.91. The van der Waals surface area contributed by atoms with Crippen LogP contribution in [0.15, 0.2) is 51.8 Å². The van der Waals surface area contributed by atoms with Crippen LogP contribution in [0.1, 0.15) is 11.1 Å². The largest absolute Gasteiger partial charge is 0.326 e. The molecule has 0 amide bonds. The fraction of sp³-hybridized carbons (Fsp3) is 0.143. The van der Waals surface area contributed by atoms with Gasteiger partial charge in [0.15, 0.2) is 0 Å². The zero-order valence-corrected chi connectivity index (χ0v) is 14.2. The van der Waals surface area contributed by atoms with Gasteiger partial charge >= 0.3 is 0 Å². The SMILES string of the molecule is NCc1ccc(S(=O)(=O)NCc2cccc(Br)c2)cc1Cl. The molecule has 21 heavy (non-hydrogen) atoms. The van der Waals surface area contributed by atoms with Crippen LogP contribution in [0.3, 0.4) is 0 Å². The first kappa shape index (κ1) is 16.5. The first-order valence-electron chi connectivity index (χ1n) is 6.15. The number of benzene rings is 2. The van der Waals surface area contributed by atoms with Crippen LogP contribution in [0.4, 0.5) is 0 Å². The van der Waals surface area contributed by atoms with Crippen molar-refractivity contribution >= 4 is 37.6 Å². The average molecular weight is 390 g/mol. The van der Waals surface area contributed by atoms with Gasteiger partial charge in [0, 0.05) is 22.6 Å². The summed E-state index contributed by atoms with van der Waals surface area (Å²) in [6.45, 7) is 0.475. The lowest BCUT2D eigenvalue weighted by molar-refractivity contribution is 0.581. The molecule has 0 saturated carbocycles. The Morgan fingerprint density at radius 1 is 1.19 bits per heavy atom. The second kappa shape index (κ2) is 6.89. The fourth-order valence-corrected chi connectivity index (χ4v) is 3.58. The Morgan fingerprint density at radius 3 is 2.57 bits per heavy atom. The van der Waals surface area contributed by atoms with Crippen LogP contribution in [0.25, 0.3) is 0 Å². The van der Waals surface area contributed by atoms with Crippen LogP contribution in [0.2, 0.25) is 5.02 Å². The van der Waals surface area contributed by atoms with Crippen LogP contribution in [0.5, 0.6) is 0 Å². The van der Waals surface area contributed by atoms with Gasteiger partial charge < -0.3 is 5.73 Å². The summed E-state index contributed by atoms with van der Waals surface area (Å²) in [5.41, 5.74) is 7.07. The maximum absolute atomic E-state index is 12.2. The van der Waals surface area contributed by atoms with Gasteiger partial charge in [0.05, 0.1) is 4.90 Å². The van der Waals surface area contributed by atoms with Gasteiger partial charge in [-0.05, 0) is 35.4 Å². The van der Waals surface area contributed by atoms with Gasteiger partial charge in [-0.25, -0.2) is 13.1 Å². The summed E-state index contributed by atoms with van der Waals surface area (Å²) in [6.07, 6.45) is 0. The third kappa shape index (κ3) is 4.28. The van der Waals surface area contributed by atoms with Gasteiger partial charge in [-0.1, -0.05) is 45.7 Å². The van der Waals surface area contributed by atoms with Gasteiger partial charge in [-0.3, -0.25) is 0 Å². The lowest BCUT2D eigenvalue weighted by Gasteiger charge is -2.09. The molecule has 0 aromatic heterocycles. The third-order valence-corrected chi connectivity index (χ3v) is 5.15. The van der Waals surface area contributed by atoms with Crippen molar-refractivity contribution in [3.8, 4) is 0 Å². The smallest absolute Gasteiger partial charge is 0.240 e. The first-order valence-corrected chi connectivity index (χ1v) is 8.80. The van der Waals surface area contributed by atoms with Gasteiger partial charge in [-0.2, -0.15) is 0 Å². The van der Waals surface area contributed by atoms with E-state index < -0.39 is 10.0 Å². The molecule has 0 aliphatic carbocycles. The number of rotatable bonds is 5. The van der Waals surface area contributed by atoms with Crippen LogP contribution < -0.4 is 10.5 Å². The Hall–Kier alpha value is -0.920. The van der Waals surface area contributed by atoms with Crippen LogP contribution in [-0.2, 0) is 23.1 Å². The molecule has 0 fully saturated rings. The predicted molar refractivity (Wildman–Crippen MR) is 87.5 cm³/mol. The number of nitrogens with one attached hydrogen (secondary N) is 1. The van der Waals surface area contributed by atoms with E-state index in [1.54, 1.807) is 6.07 Å². The monoisotopic (exact) mass is 388 g/mol. The predicted octanol–water partition coefficient (Wildman–Crippen LogP) is 3.04. The molecule has 4 nitrogen and oxygen atoms in total. The number of halogens is 2. The summed E-state index contributed by atoms with van der Waals surface area (Å²) >= 11 is 9.34. The molecular weight excluding hydrogens is 376 g/mol. The van der Waals surface area contributed by atoms with Crippen molar-refractivity contribution in [2.24, 2.45) is 5.73 Å². The molecule has 0 bridgehead atoms. The van der Waals surface area contributed by atoms with Crippen LogP contribution in [-0.4, -0.2) is 8.42 Å². The molecule has 112 valence electrons. The van der Waals surface area contributed by atoms with E-state index in [0.717, 1.165) is 10.0 Å². The summed E-state index contributed by atoms with van der Waals surface area (Å²) in [6, 6.07) is 12.0. The minimum Gasteiger partial charge on any atom is -0.326 e. The highest BCUT2D eigenvalue weighted by atomic mass is 79.9. The molecule has 0 heterocycles. The molecular formula is C14H14BrClN2O2S. The molecule has 2 aromatic rings. The number of hydrogen-bond acceptors (Lipinski definition) is 3. The molecule has 0 radical (unpaired) electrons. The minimum absolute atomic E-state index is 0.125. The molecule has 0 unspecified atom stereocenters. The summed E-state index contributed by atoms with van der Waals surface area (Å²) in [5.74, 6) is 0. The molecule has 7 heteroatoms. The molecule has 0 atom stereocenters. The second-order valence-corrected chi connectivity index (χ2v) is 7.50. The van der Waals surface area contributed by atoms with Crippen molar-refractivity contribution in [2.75, 3.05) is 0 Å². The Morgan fingerprint density at radius 2 is 1.95 bits per heavy atom. The second-order valence-electron chi connectivity index (χ2n) is 4.41. The molecule has 3 N–H and O–H groups in total. The standard InChI is InChI=1S/C14H14BrClN2O2S/c15-12-3-1-2-10(6-12)9-18-21(19,20)13-5-4-11(8-17)14(16)7-13/h1-7,18H,8-9,17H2. The normalized spacial score (nSPS) is 11.6. The first-order chi connectivity index (χ1) is 9.92. The average Bonchev–Trinajstić information content (AvgIpc) is 2.45. The van der Waals surface area contributed by atoms with Crippen LogP contribution >= 0.6 is 27.5 Å². The Balaban J connectivity index is 2.17. The van der Waals surface area contributed by atoms with Gasteiger partial charge in [-0.15, -0.1) is 0 Å². The lowest BCUT2D eigenvalue weighted by atomic mass is 10.2. The summed E-state index contributed by atoms with van der Waals surface area (Å²) < 4.78 is 27.9. The number of hydrogen-bond donors (Lipinski definition) is 2. The maximum atomic E-state index is 12.2. The fourth-order valence-electron chi connectivity index (χ4n) is 1.77. The van der Waals surface area contributed by atoms with E-state index in [1.165, 1.54) is 12.1 Å². The highest BCUT2D eigenvalue weighted by Gasteiger charge is 2.15. The lowest BCUT2D eigenvalue weighted by Crippen LogP contribution is -2.23. The van der Waals surface area contributed by atoms with E-state index in [0.29, 0.717) is 10.6 Å². The van der Waals surface area contributed by atoms with Crippen molar-refractivity contribution in [1.29, 1.82) is 0 Å². The molecule has 0 aliphatic heterocycles. The van der Waals surface area contributed by atoms with Gasteiger partial charge in [0.1, 0.15) is 0 Å². The quantitative estimate of drug-likeness (QED) is 0.825. The van der Waals surface area contributed by atoms with E-state index in [9.17, 15) is 8.42 Å². The van der Waals surface area contributed by atoms with Crippen LogP contribution in [0, 0.1) is 0 Å². The zero-order valence-electron chi connectivity index (χ0n) is 11.0. The topological polar surface area (TPSA) is 72.2 Å². The minimum atomic E-state index is -3.61. The van der Waals surface area contributed by atoms with Crippen molar-refractivity contribution < 1.29 is 8.42 Å². The molecule has 2 aromatic carbocycles. The molecule has 2 rings (SSSR count). The summed E-state index contributed by atoms with van der Waals surface area (Å²) in [7, 11) is -3.61. The van der Waals surface area contributed by atoms with E-state index >= 15 is 0 Å². The number of sulfonamides is 1. The van der Waals surface area contributed by atoms with E-state index in [4.69, 9.17) is 17.3 Å². The van der Waals surface area contributed by atoms with Crippen molar-refractivity contribution in [1.82, 2.24) is 4.72 Å². The molecule has 0 saturated heterocycles. The van der Waals surface area contributed by atoms with E-state index in [1.807, 2.05) is 24.3 Å². The summed E-state index contributed by atoms with van der Waals surface area (Å²) in [5, 5.41) is 0.350. The van der Waals surface area contributed by atoms with Crippen molar-refractivity contribution in [3.05, 3.63) is 63.1 Å². The van der Waals surface area contributed by atoms with Crippen molar-refractivity contribution in [3.63, 3.8) is 0 Å². The van der Waals surface area contributed by atoms with Gasteiger partial charge in [0.25, 0.3) is 0 Å². The van der Waals surface area contributed by atoms with E-state index in [-0.39, 0.29) is 18.0 Å². The maximum Gasteiger partial charge on any atom is 0.240 e. The molecule has 0 spiro atoms. The zero-order chi connectivity index (χ0) is 15.5. The highest BCUT2D eigenvalue weighted by molar-refractivity contribution is 9.10. The Kier molecular flexibility index (Phi) is 5.40. The number of nitrogens with two attached hydrogens (primary N) is 1. The highest BCUT2D eigenvalue weighted by Crippen LogP contribution is 2.20. The molecule has 0 aliphatic rings. The van der Waals surface area contributed by atoms with Crippen molar-refractivity contribution in [2.45, 2.75) is 18.0 Å². The summed E-state index contributed by atoms with van der Waals surface area (Å²) in [4.78, 5) is 0.125. The Labute approximate surface area is 137 Å².